The highest BCUT2D eigenvalue weighted by atomic mass is 127. The molecule has 1 aromatic carbocycles. The molecule has 5 heteroatoms. The fourth-order valence-electron chi connectivity index (χ4n) is 4.82. The van der Waals surface area contributed by atoms with E-state index in [1.54, 1.807) is 0 Å². The molecule has 2 heterocycles. The van der Waals surface area contributed by atoms with Gasteiger partial charge >= 0.3 is 0 Å². The Balaban J connectivity index is 0.00000210. The molecule has 3 atom stereocenters. The van der Waals surface area contributed by atoms with Gasteiger partial charge in [-0.05, 0) is 62.1 Å². The number of halogens is 1. The van der Waals surface area contributed by atoms with E-state index in [9.17, 15) is 0 Å². The van der Waals surface area contributed by atoms with E-state index in [1.807, 2.05) is 7.05 Å². The van der Waals surface area contributed by atoms with Crippen LogP contribution in [0.15, 0.2) is 35.3 Å². The molecule has 3 unspecified atom stereocenters. The summed E-state index contributed by atoms with van der Waals surface area (Å²) in [5.41, 5.74) is 1.50. The first-order valence-electron chi connectivity index (χ1n) is 10.6. The molecule has 27 heavy (non-hydrogen) atoms. The second-order valence-corrected chi connectivity index (χ2v) is 8.40. The molecule has 0 spiro atoms. The number of rotatable bonds is 5. The summed E-state index contributed by atoms with van der Waals surface area (Å²) in [6, 6.07) is 11.0. The fraction of sp³-hybridized carbons (Fsp3) is 0.682. The van der Waals surface area contributed by atoms with E-state index in [-0.39, 0.29) is 24.0 Å². The third-order valence-electron chi connectivity index (χ3n) is 6.43. The number of nitrogens with zero attached hydrogens (tertiary/aromatic N) is 3. The number of piperidine rings is 1. The zero-order valence-corrected chi connectivity index (χ0v) is 19.0. The molecular formula is C22H35IN4. The number of likely N-dealkylation sites (tertiary alicyclic amines) is 2. The minimum absolute atomic E-state index is 0. The maximum absolute atomic E-state index is 4.57. The molecule has 1 aliphatic carbocycles. The van der Waals surface area contributed by atoms with Crippen LogP contribution in [0.4, 0.5) is 0 Å². The van der Waals surface area contributed by atoms with E-state index in [2.05, 4.69) is 50.4 Å². The summed E-state index contributed by atoms with van der Waals surface area (Å²) >= 11 is 0. The van der Waals surface area contributed by atoms with Crippen LogP contribution in [0.1, 0.15) is 43.6 Å². The molecule has 0 aromatic heterocycles. The van der Waals surface area contributed by atoms with Crippen molar-refractivity contribution in [1.29, 1.82) is 0 Å². The van der Waals surface area contributed by atoms with Crippen molar-refractivity contribution in [2.24, 2.45) is 16.8 Å². The van der Waals surface area contributed by atoms with Crippen LogP contribution in [0.3, 0.4) is 0 Å². The molecule has 2 aliphatic heterocycles. The summed E-state index contributed by atoms with van der Waals surface area (Å²) in [5.74, 6) is 3.43. The zero-order chi connectivity index (χ0) is 17.8. The molecule has 3 fully saturated rings. The lowest BCUT2D eigenvalue weighted by Gasteiger charge is -2.29. The van der Waals surface area contributed by atoms with Crippen LogP contribution in [0.25, 0.3) is 0 Å². The number of aliphatic imine (C=N–C) groups is 1. The zero-order valence-electron chi connectivity index (χ0n) is 16.6. The average molecular weight is 482 g/mol. The van der Waals surface area contributed by atoms with Crippen LogP contribution in [0.2, 0.25) is 0 Å². The molecule has 3 aliphatic rings. The van der Waals surface area contributed by atoms with E-state index in [0.717, 1.165) is 36.8 Å². The van der Waals surface area contributed by atoms with Gasteiger partial charge in [0.15, 0.2) is 5.96 Å². The lowest BCUT2D eigenvalue weighted by Crippen LogP contribution is -2.42. The number of hydrogen-bond acceptors (Lipinski definition) is 2. The highest BCUT2D eigenvalue weighted by Crippen LogP contribution is 2.46. The smallest absolute Gasteiger partial charge is 0.193 e. The van der Waals surface area contributed by atoms with E-state index >= 15 is 0 Å². The Morgan fingerprint density at radius 3 is 2.63 bits per heavy atom. The predicted molar refractivity (Wildman–Crippen MR) is 124 cm³/mol. The van der Waals surface area contributed by atoms with Crippen molar-refractivity contribution < 1.29 is 0 Å². The summed E-state index contributed by atoms with van der Waals surface area (Å²) in [5, 5.41) is 3.66. The first-order chi connectivity index (χ1) is 12.8. The summed E-state index contributed by atoms with van der Waals surface area (Å²) in [6.07, 6.45) is 6.83. The van der Waals surface area contributed by atoms with Gasteiger partial charge in [-0.3, -0.25) is 4.99 Å². The quantitative estimate of drug-likeness (QED) is 0.394. The Morgan fingerprint density at radius 2 is 1.89 bits per heavy atom. The van der Waals surface area contributed by atoms with Gasteiger partial charge in [-0.1, -0.05) is 36.8 Å². The van der Waals surface area contributed by atoms with Crippen LogP contribution in [-0.4, -0.2) is 62.1 Å². The number of hydrogen-bond donors (Lipinski definition) is 1. The van der Waals surface area contributed by atoms with Crippen LogP contribution < -0.4 is 5.32 Å². The van der Waals surface area contributed by atoms with Gasteiger partial charge in [0.25, 0.3) is 0 Å². The van der Waals surface area contributed by atoms with E-state index in [4.69, 9.17) is 0 Å². The molecule has 1 saturated carbocycles. The van der Waals surface area contributed by atoms with Crippen LogP contribution in [0, 0.1) is 11.8 Å². The molecular weight excluding hydrogens is 447 g/mol. The topological polar surface area (TPSA) is 30.9 Å². The lowest BCUT2D eigenvalue weighted by molar-refractivity contribution is 0.198. The molecule has 1 aromatic rings. The molecule has 2 saturated heterocycles. The summed E-state index contributed by atoms with van der Waals surface area (Å²) in [7, 11) is 1.93. The molecule has 4 nitrogen and oxygen atoms in total. The van der Waals surface area contributed by atoms with E-state index in [0.29, 0.717) is 0 Å². The Kier molecular flexibility index (Phi) is 7.82. The second-order valence-electron chi connectivity index (χ2n) is 8.40. The van der Waals surface area contributed by atoms with Crippen LogP contribution in [0.5, 0.6) is 0 Å². The van der Waals surface area contributed by atoms with Gasteiger partial charge in [0.2, 0.25) is 0 Å². The minimum Gasteiger partial charge on any atom is -0.356 e. The molecule has 0 amide bonds. The van der Waals surface area contributed by atoms with Crippen LogP contribution in [-0.2, 0) is 0 Å². The van der Waals surface area contributed by atoms with Crippen molar-refractivity contribution in [2.45, 2.75) is 38.0 Å². The third-order valence-corrected chi connectivity index (χ3v) is 6.43. The summed E-state index contributed by atoms with van der Waals surface area (Å²) < 4.78 is 0. The van der Waals surface area contributed by atoms with Gasteiger partial charge in [-0.15, -0.1) is 24.0 Å². The van der Waals surface area contributed by atoms with Crippen molar-refractivity contribution >= 4 is 29.9 Å². The summed E-state index contributed by atoms with van der Waals surface area (Å²) in [4.78, 5) is 9.73. The van der Waals surface area contributed by atoms with Gasteiger partial charge in [0, 0.05) is 33.2 Å². The third kappa shape index (κ3) is 5.59. The maximum Gasteiger partial charge on any atom is 0.193 e. The Bertz CT molecular complexity index is 600. The van der Waals surface area contributed by atoms with Gasteiger partial charge in [-0.2, -0.15) is 0 Å². The SMILES string of the molecule is CN=C(NCC1CC1c1ccccc1)N1CCC(CN2CCCCC2)C1.I. The van der Waals surface area contributed by atoms with Crippen molar-refractivity contribution in [3.05, 3.63) is 35.9 Å². The van der Waals surface area contributed by atoms with Crippen molar-refractivity contribution in [3.63, 3.8) is 0 Å². The number of nitrogens with one attached hydrogen (secondary N) is 1. The molecule has 0 radical (unpaired) electrons. The van der Waals surface area contributed by atoms with E-state index in [1.165, 1.54) is 63.8 Å². The summed E-state index contributed by atoms with van der Waals surface area (Å²) in [6.45, 7) is 7.29. The van der Waals surface area contributed by atoms with Gasteiger partial charge in [0.1, 0.15) is 0 Å². The minimum atomic E-state index is 0. The standard InChI is InChI=1S/C22H34N4.HI/c1-23-22(24-15-20-14-21(20)19-8-4-2-5-9-19)26-13-10-18(17-26)16-25-11-6-3-7-12-25;/h2,4-5,8-9,18,20-21H,3,6-7,10-17H2,1H3,(H,23,24);1H. The Labute approximate surface area is 181 Å². The van der Waals surface area contributed by atoms with Crippen molar-refractivity contribution in [3.8, 4) is 0 Å². The van der Waals surface area contributed by atoms with Gasteiger partial charge < -0.3 is 15.1 Å². The Morgan fingerprint density at radius 1 is 1.11 bits per heavy atom. The van der Waals surface area contributed by atoms with E-state index < -0.39 is 0 Å². The van der Waals surface area contributed by atoms with Crippen LogP contribution >= 0.6 is 24.0 Å². The average Bonchev–Trinajstić information content (AvgIpc) is 3.33. The van der Waals surface area contributed by atoms with Crippen molar-refractivity contribution in [1.82, 2.24) is 15.1 Å². The van der Waals surface area contributed by atoms with Gasteiger partial charge in [-0.25, -0.2) is 0 Å². The van der Waals surface area contributed by atoms with Gasteiger partial charge in [0.05, 0.1) is 0 Å². The molecule has 0 bridgehead atoms. The van der Waals surface area contributed by atoms with Crippen molar-refractivity contribution in [2.75, 3.05) is 46.3 Å². The monoisotopic (exact) mass is 482 g/mol. The number of benzene rings is 1. The lowest BCUT2D eigenvalue weighted by atomic mass is 10.1. The molecule has 150 valence electrons. The Hall–Kier alpha value is -0.820. The second kappa shape index (κ2) is 10.1. The highest BCUT2D eigenvalue weighted by Gasteiger charge is 2.38. The normalized spacial score (nSPS) is 28.7. The maximum atomic E-state index is 4.57. The molecule has 4 rings (SSSR count). The highest BCUT2D eigenvalue weighted by molar-refractivity contribution is 14.0. The fourth-order valence-corrected chi connectivity index (χ4v) is 4.82. The predicted octanol–water partition coefficient (Wildman–Crippen LogP) is 3.79. The first-order valence-corrected chi connectivity index (χ1v) is 10.6. The number of guanidine groups is 1. The molecule has 1 N–H and O–H groups in total. The largest absolute Gasteiger partial charge is 0.356 e. The first kappa shape index (κ1) is 20.9.